The lowest BCUT2D eigenvalue weighted by atomic mass is 9.51. The predicted molar refractivity (Wildman–Crippen MR) is 203 cm³/mol. The van der Waals surface area contributed by atoms with Gasteiger partial charge in [0.2, 0.25) is 0 Å². The van der Waals surface area contributed by atoms with Crippen molar-refractivity contribution in [2.75, 3.05) is 19.8 Å². The Kier molecular flexibility index (Phi) is 12.1. The smallest absolute Gasteiger partial charge is 0.358 e. The number of carbonyl (C=O) groups excluding carboxylic acids is 2. The van der Waals surface area contributed by atoms with Crippen molar-refractivity contribution < 1.29 is 23.8 Å². The van der Waals surface area contributed by atoms with E-state index < -0.39 is 5.97 Å². The molecule has 2 aliphatic heterocycles. The van der Waals surface area contributed by atoms with Crippen molar-refractivity contribution in [3.63, 3.8) is 0 Å². The fourth-order valence-corrected chi connectivity index (χ4v) is 12.1. The van der Waals surface area contributed by atoms with E-state index in [2.05, 4.69) is 56.6 Å². The van der Waals surface area contributed by atoms with Crippen LogP contribution in [0.3, 0.4) is 0 Å². The van der Waals surface area contributed by atoms with Crippen molar-refractivity contribution in [3.05, 3.63) is 11.9 Å². The molecule has 6 aliphatic rings. The maximum atomic E-state index is 14.0. The highest BCUT2D eigenvalue weighted by Gasteiger charge is 2.66. The van der Waals surface area contributed by atoms with Crippen molar-refractivity contribution in [1.29, 1.82) is 0 Å². The third-order valence-corrected chi connectivity index (χ3v) is 15.2. The highest BCUT2D eigenvalue weighted by molar-refractivity contribution is 5.89. The molecule has 9 nitrogen and oxygen atoms in total. The van der Waals surface area contributed by atoms with E-state index >= 15 is 0 Å². The van der Waals surface area contributed by atoms with E-state index in [1.165, 1.54) is 44.7 Å². The normalized spacial score (nSPS) is 41.6. The lowest BCUT2D eigenvalue weighted by molar-refractivity contribution is -0.272. The van der Waals surface area contributed by atoms with Crippen molar-refractivity contribution in [1.82, 2.24) is 10.2 Å². The second kappa shape index (κ2) is 16.0. The molecule has 1 spiro atoms. The van der Waals surface area contributed by atoms with Gasteiger partial charge in [0.1, 0.15) is 6.61 Å². The molecule has 4 aliphatic carbocycles. The monoisotopic (exact) mass is 709 g/mol. The summed E-state index contributed by atoms with van der Waals surface area (Å²) in [7, 11) is 0. The predicted octanol–water partition coefficient (Wildman–Crippen LogP) is 8.71. The van der Waals surface area contributed by atoms with Gasteiger partial charge in [-0.15, -0.1) is 0 Å². The van der Waals surface area contributed by atoms with Gasteiger partial charge in [0.25, 0.3) is 0 Å². The molecule has 286 valence electrons. The van der Waals surface area contributed by atoms with Crippen molar-refractivity contribution in [3.8, 4) is 0 Å². The highest BCUT2D eigenvalue weighted by atomic mass is 16.7. The maximum Gasteiger partial charge on any atom is 0.358 e. The Labute approximate surface area is 308 Å². The fourth-order valence-electron chi connectivity index (χ4n) is 12.1. The molecule has 9 heteroatoms. The Hall–Kier alpha value is -2.26. The van der Waals surface area contributed by atoms with Gasteiger partial charge >= 0.3 is 12.0 Å². The van der Waals surface area contributed by atoms with E-state index in [-0.39, 0.29) is 41.6 Å². The molecule has 0 aromatic heterocycles. The summed E-state index contributed by atoms with van der Waals surface area (Å²) in [5, 5.41) is 3.49. The second-order valence-electron chi connectivity index (χ2n) is 17.9. The minimum absolute atomic E-state index is 0.0103. The van der Waals surface area contributed by atoms with Crippen LogP contribution in [-0.4, -0.2) is 73.6 Å². The number of urea groups is 1. The van der Waals surface area contributed by atoms with Gasteiger partial charge in [0.05, 0.1) is 25.5 Å². The number of fused-ring (bicyclic) bond motifs is 3. The quantitative estimate of drug-likeness (QED) is 0.139. The summed E-state index contributed by atoms with van der Waals surface area (Å²) in [5.41, 5.74) is 0.686. The molecule has 0 radical (unpaired) electrons. The number of aliphatic imine (C=N–C) groups is 2. The van der Waals surface area contributed by atoms with Gasteiger partial charge in [-0.05, 0) is 118 Å². The molecule has 2 amide bonds. The van der Waals surface area contributed by atoms with E-state index in [0.717, 1.165) is 64.4 Å². The Morgan fingerprint density at radius 3 is 2.43 bits per heavy atom. The standard InChI is InChI=1S/C42H68N4O5/c1-8-30-24-33(45-39(48)46(34-13-11-10-12-14-34)21-22-49-38(47)35(43-7)26-44-9-2)17-19-40(30,5)31-16-18-41(6)32(23-31)25-36-37(41)29(4)42(51-36)20-15-28(3)27-50-42/h9,26,28-34,36-37H,7-8,10-25,27H2,1-6H3,(H,45,48)/b35-26-,44-9?/t28-,29-,30+,31-,32+,33+,36-,37-,40-,41-,42+/m0/s1. The largest absolute Gasteiger partial charge is 0.459 e. The van der Waals surface area contributed by atoms with Gasteiger partial charge < -0.3 is 24.4 Å². The summed E-state index contributed by atoms with van der Waals surface area (Å²) < 4.78 is 19.0. The number of carbonyl (C=O) groups is 2. The molecule has 0 aromatic carbocycles. The summed E-state index contributed by atoms with van der Waals surface area (Å²) in [6.45, 7) is 18.8. The average molecular weight is 709 g/mol. The second-order valence-corrected chi connectivity index (χ2v) is 17.9. The molecule has 0 unspecified atom stereocenters. The fraction of sp³-hybridized carbons (Fsp3) is 0.857. The molecule has 4 saturated carbocycles. The molecular weight excluding hydrogens is 640 g/mol. The van der Waals surface area contributed by atoms with Crippen molar-refractivity contribution in [2.45, 2.75) is 162 Å². The van der Waals surface area contributed by atoms with E-state index in [1.807, 2.05) is 4.90 Å². The van der Waals surface area contributed by atoms with Crippen molar-refractivity contribution in [2.24, 2.45) is 56.3 Å². The zero-order valence-electron chi connectivity index (χ0n) is 32.7. The molecule has 2 saturated heterocycles. The molecular formula is C42H68N4O5. The van der Waals surface area contributed by atoms with Crippen LogP contribution in [0.4, 0.5) is 4.79 Å². The summed E-state index contributed by atoms with van der Waals surface area (Å²) in [4.78, 5) is 36.2. The number of hydrogen-bond acceptors (Lipinski definition) is 7. The number of nitrogens with one attached hydrogen (secondary N) is 1. The number of nitrogens with zero attached hydrogens (tertiary/aromatic N) is 3. The van der Waals surface area contributed by atoms with Crippen molar-refractivity contribution >= 4 is 24.9 Å². The molecule has 6 rings (SSSR count). The molecule has 0 bridgehead atoms. The van der Waals surface area contributed by atoms with Crippen LogP contribution in [0, 0.1) is 46.3 Å². The summed E-state index contributed by atoms with van der Waals surface area (Å²) in [5.74, 6) is 2.78. The lowest BCUT2D eigenvalue weighted by Crippen LogP contribution is -2.54. The summed E-state index contributed by atoms with van der Waals surface area (Å²) in [6, 6.07) is 0.325. The van der Waals surface area contributed by atoms with Crippen LogP contribution in [-0.2, 0) is 19.0 Å². The minimum atomic E-state index is -0.570. The third-order valence-electron chi connectivity index (χ3n) is 15.2. The highest BCUT2D eigenvalue weighted by Crippen LogP contribution is 2.67. The van der Waals surface area contributed by atoms with Gasteiger partial charge in [0.15, 0.2) is 11.5 Å². The third kappa shape index (κ3) is 7.59. The van der Waals surface area contributed by atoms with Crippen LogP contribution in [0.1, 0.15) is 138 Å². The molecule has 1 N–H and O–H groups in total. The zero-order valence-corrected chi connectivity index (χ0v) is 32.7. The first kappa shape index (κ1) is 38.5. The number of amides is 2. The van der Waals surface area contributed by atoms with Crippen LogP contribution in [0.5, 0.6) is 0 Å². The zero-order chi connectivity index (χ0) is 36.4. The molecule has 51 heavy (non-hydrogen) atoms. The number of ether oxygens (including phenoxy) is 3. The maximum absolute atomic E-state index is 14.0. The first-order chi connectivity index (χ1) is 24.5. The molecule has 6 fully saturated rings. The van der Waals surface area contributed by atoms with Crippen LogP contribution in [0.2, 0.25) is 0 Å². The summed E-state index contributed by atoms with van der Waals surface area (Å²) >= 11 is 0. The Balaban J connectivity index is 1.06. The lowest BCUT2D eigenvalue weighted by Gasteiger charge is -2.55. The van der Waals surface area contributed by atoms with Crippen LogP contribution in [0.25, 0.3) is 0 Å². The van der Waals surface area contributed by atoms with E-state index in [4.69, 9.17) is 14.2 Å². The molecule has 2 heterocycles. The van der Waals surface area contributed by atoms with E-state index in [0.29, 0.717) is 53.6 Å². The first-order valence-electron chi connectivity index (χ1n) is 20.7. The van der Waals surface area contributed by atoms with Crippen LogP contribution in [0.15, 0.2) is 21.9 Å². The first-order valence-corrected chi connectivity index (χ1v) is 20.7. The molecule has 11 atom stereocenters. The number of rotatable bonds is 10. The average Bonchev–Trinajstić information content (AvgIpc) is 3.57. The Morgan fingerprint density at radius 1 is 0.980 bits per heavy atom. The topological polar surface area (TPSA) is 102 Å². The van der Waals surface area contributed by atoms with Gasteiger partial charge in [-0.2, -0.15) is 0 Å². The molecule has 0 aromatic rings. The van der Waals surface area contributed by atoms with E-state index in [1.54, 1.807) is 13.1 Å². The van der Waals surface area contributed by atoms with Gasteiger partial charge in [0, 0.05) is 30.6 Å². The number of esters is 1. The van der Waals surface area contributed by atoms with Gasteiger partial charge in [-0.25, -0.2) is 9.59 Å². The van der Waals surface area contributed by atoms with Gasteiger partial charge in [-0.3, -0.25) is 9.98 Å². The van der Waals surface area contributed by atoms with Gasteiger partial charge in [-0.1, -0.05) is 60.3 Å². The van der Waals surface area contributed by atoms with Crippen LogP contribution < -0.4 is 5.32 Å². The SMILES string of the molecule is C=N/C(=C\N=CC)C(=O)OCCN(C(=O)N[C@@H]1CC[C@](C)([C@H]2CC[C@@]3(C)[C@H](C2)C[C@@H]2O[C@]4(CC[C@H](C)CO4)[C@@H](C)[C@@H]23)[C@H](CC)C1)C1CCCCC1. The Morgan fingerprint density at radius 2 is 1.75 bits per heavy atom. The van der Waals surface area contributed by atoms with E-state index in [9.17, 15) is 9.59 Å². The number of hydrogen-bond donors (Lipinski definition) is 1. The summed E-state index contributed by atoms with van der Waals surface area (Å²) in [6.07, 6.45) is 20.4. The van der Waals surface area contributed by atoms with Crippen LogP contribution >= 0.6 is 0 Å². The minimum Gasteiger partial charge on any atom is -0.459 e. The Bertz CT molecular complexity index is 1300.